The van der Waals surface area contributed by atoms with Crippen LogP contribution in [0.1, 0.15) is 27.8 Å². The molecular formula is C22H19N. The lowest BCUT2D eigenvalue weighted by Crippen LogP contribution is -2.19. The summed E-state index contributed by atoms with van der Waals surface area (Å²) in [5.41, 5.74) is 6.35. The molecule has 0 saturated heterocycles. The maximum absolute atomic E-state index is 4.20. The Morgan fingerprint density at radius 2 is 1.74 bits per heavy atom. The fourth-order valence-electron chi connectivity index (χ4n) is 3.29. The molecule has 1 heterocycles. The third-order valence-electron chi connectivity index (χ3n) is 4.71. The van der Waals surface area contributed by atoms with Crippen LogP contribution in [0.3, 0.4) is 0 Å². The third kappa shape index (κ3) is 2.17. The van der Waals surface area contributed by atoms with Crippen LogP contribution in [0.25, 0.3) is 16.8 Å². The van der Waals surface area contributed by atoms with Crippen molar-refractivity contribution >= 4 is 23.6 Å². The number of hydrogen-bond acceptors (Lipinski definition) is 0. The van der Waals surface area contributed by atoms with Crippen LogP contribution in [0, 0.1) is 19.9 Å². The van der Waals surface area contributed by atoms with Crippen molar-refractivity contribution in [2.75, 3.05) is 0 Å². The lowest BCUT2D eigenvalue weighted by atomic mass is 9.87. The summed E-state index contributed by atoms with van der Waals surface area (Å²) in [4.78, 5) is 0. The molecule has 3 aromatic rings. The minimum Gasteiger partial charge on any atom is -0.243 e. The predicted molar refractivity (Wildman–Crippen MR) is 97.7 cm³/mol. The molecule has 4 rings (SSSR count). The highest BCUT2D eigenvalue weighted by Crippen LogP contribution is 2.36. The Hall–Kier alpha value is -2.80. The highest BCUT2D eigenvalue weighted by atomic mass is 15.0. The fourth-order valence-corrected chi connectivity index (χ4v) is 3.29. The summed E-state index contributed by atoms with van der Waals surface area (Å²) in [5, 5.41) is 2.56. The van der Waals surface area contributed by atoms with E-state index in [0.717, 1.165) is 6.04 Å². The molecule has 0 N–H and O–H groups in total. The molecule has 3 aromatic carbocycles. The van der Waals surface area contributed by atoms with E-state index in [-0.39, 0.29) is 0 Å². The SMILES string of the molecule is C=[N+]1C=Cc2c(ccc3ccccc23)[C-]1c1ccc(C)c(C)c1. The van der Waals surface area contributed by atoms with Crippen LogP contribution in [0.2, 0.25) is 0 Å². The van der Waals surface area contributed by atoms with E-state index in [2.05, 4.69) is 87.4 Å². The molecule has 0 aromatic heterocycles. The Morgan fingerprint density at radius 1 is 0.913 bits per heavy atom. The highest BCUT2D eigenvalue weighted by molar-refractivity contribution is 5.93. The molecule has 112 valence electrons. The van der Waals surface area contributed by atoms with Crippen molar-refractivity contribution in [3.63, 3.8) is 0 Å². The van der Waals surface area contributed by atoms with Crippen molar-refractivity contribution in [1.29, 1.82) is 0 Å². The normalized spacial score (nSPS) is 13.5. The molecule has 0 fully saturated rings. The van der Waals surface area contributed by atoms with E-state index in [1.807, 2.05) is 4.58 Å². The average Bonchev–Trinajstić information content (AvgIpc) is 2.57. The van der Waals surface area contributed by atoms with Gasteiger partial charge in [0.25, 0.3) is 0 Å². The van der Waals surface area contributed by atoms with Gasteiger partial charge in [0.1, 0.15) is 6.20 Å². The molecule has 0 amide bonds. The number of aryl methyl sites for hydroxylation is 2. The molecule has 1 heteroatoms. The van der Waals surface area contributed by atoms with Gasteiger partial charge < -0.3 is 0 Å². The van der Waals surface area contributed by atoms with E-state index in [1.54, 1.807) is 0 Å². The van der Waals surface area contributed by atoms with E-state index < -0.39 is 0 Å². The van der Waals surface area contributed by atoms with Crippen LogP contribution in [-0.2, 0) is 0 Å². The maximum atomic E-state index is 4.20. The van der Waals surface area contributed by atoms with Crippen LogP contribution >= 0.6 is 0 Å². The molecule has 1 aliphatic heterocycles. The van der Waals surface area contributed by atoms with Crippen LogP contribution < -0.4 is 0 Å². The van der Waals surface area contributed by atoms with Gasteiger partial charge in [0.05, 0.1) is 6.72 Å². The molecule has 0 saturated carbocycles. The summed E-state index contributed by atoms with van der Waals surface area (Å²) in [6.07, 6.45) is 4.22. The number of benzene rings is 3. The van der Waals surface area contributed by atoms with E-state index in [1.165, 1.54) is 38.6 Å². The largest absolute Gasteiger partial charge is 0.243 e. The molecule has 1 nitrogen and oxygen atoms in total. The van der Waals surface area contributed by atoms with Crippen molar-refractivity contribution in [3.05, 3.63) is 94.7 Å². The van der Waals surface area contributed by atoms with Crippen LogP contribution in [0.15, 0.2) is 60.8 Å². The topological polar surface area (TPSA) is 3.01 Å². The van der Waals surface area contributed by atoms with Gasteiger partial charge in [-0.25, -0.2) is 4.58 Å². The fraction of sp³-hybridized carbons (Fsp3) is 0.0909. The van der Waals surface area contributed by atoms with Crippen LogP contribution in [-0.4, -0.2) is 11.3 Å². The van der Waals surface area contributed by atoms with Crippen LogP contribution in [0.5, 0.6) is 0 Å². The zero-order valence-corrected chi connectivity index (χ0v) is 13.5. The molecule has 1 aliphatic rings. The first-order valence-electron chi connectivity index (χ1n) is 7.90. The van der Waals surface area contributed by atoms with Crippen molar-refractivity contribution in [2.45, 2.75) is 13.8 Å². The Labute approximate surface area is 137 Å². The van der Waals surface area contributed by atoms with Gasteiger partial charge in [0.15, 0.2) is 6.04 Å². The maximum Gasteiger partial charge on any atom is 0.159 e. The van der Waals surface area contributed by atoms with Crippen molar-refractivity contribution in [3.8, 4) is 0 Å². The predicted octanol–water partition coefficient (Wildman–Crippen LogP) is 5.08. The third-order valence-corrected chi connectivity index (χ3v) is 4.71. The molecule has 0 atom stereocenters. The lowest BCUT2D eigenvalue weighted by molar-refractivity contribution is -0.418. The minimum absolute atomic E-state index is 1.16. The van der Waals surface area contributed by atoms with Gasteiger partial charge in [0, 0.05) is 0 Å². The van der Waals surface area contributed by atoms with Gasteiger partial charge in [-0.15, -0.1) is 0 Å². The van der Waals surface area contributed by atoms with Crippen molar-refractivity contribution in [1.82, 2.24) is 0 Å². The number of fused-ring (bicyclic) bond motifs is 3. The number of nitrogens with zero attached hydrogens (tertiary/aromatic N) is 1. The van der Waals surface area contributed by atoms with E-state index in [9.17, 15) is 0 Å². The average molecular weight is 297 g/mol. The zero-order chi connectivity index (χ0) is 16.0. The van der Waals surface area contributed by atoms with Crippen molar-refractivity contribution in [2.24, 2.45) is 0 Å². The quantitative estimate of drug-likeness (QED) is 0.435. The second-order valence-electron chi connectivity index (χ2n) is 6.18. The summed E-state index contributed by atoms with van der Waals surface area (Å²) in [6, 6.07) is 20.7. The standard InChI is InChI=1S/C22H19N/c1-15-8-9-18(14-16(15)2)22-21-11-10-17-6-4-5-7-19(17)20(21)12-13-23(22)3/h4-14H,3H2,1-2H3. The molecule has 23 heavy (non-hydrogen) atoms. The van der Waals surface area contributed by atoms with Gasteiger partial charge in [-0.3, -0.25) is 0 Å². The molecule has 0 radical (unpaired) electrons. The summed E-state index contributed by atoms with van der Waals surface area (Å²) in [5.74, 6) is 0. The monoisotopic (exact) mass is 297 g/mol. The summed E-state index contributed by atoms with van der Waals surface area (Å²) < 4.78 is 1.97. The molecule has 0 unspecified atom stereocenters. The van der Waals surface area contributed by atoms with E-state index in [0.29, 0.717) is 0 Å². The smallest absolute Gasteiger partial charge is 0.159 e. The van der Waals surface area contributed by atoms with Crippen LogP contribution in [0.4, 0.5) is 0 Å². The van der Waals surface area contributed by atoms with E-state index in [4.69, 9.17) is 0 Å². The summed E-state index contributed by atoms with van der Waals surface area (Å²) in [7, 11) is 0. The first-order valence-corrected chi connectivity index (χ1v) is 7.90. The summed E-state index contributed by atoms with van der Waals surface area (Å²) in [6.45, 7) is 8.50. The van der Waals surface area contributed by atoms with Gasteiger partial charge in [-0.05, 0) is 47.4 Å². The first kappa shape index (κ1) is 13.8. The lowest BCUT2D eigenvalue weighted by Gasteiger charge is -2.25. The number of hydrogen-bond donors (Lipinski definition) is 0. The minimum atomic E-state index is 1.16. The Morgan fingerprint density at radius 3 is 2.57 bits per heavy atom. The zero-order valence-electron chi connectivity index (χ0n) is 13.5. The Balaban J connectivity index is 1.96. The second-order valence-corrected chi connectivity index (χ2v) is 6.18. The Kier molecular flexibility index (Phi) is 3.09. The summed E-state index contributed by atoms with van der Waals surface area (Å²) >= 11 is 0. The molecule has 0 aliphatic carbocycles. The van der Waals surface area contributed by atoms with Gasteiger partial charge in [-0.1, -0.05) is 65.7 Å². The molecule has 0 bridgehead atoms. The second kappa shape index (κ2) is 5.13. The molecule has 0 spiro atoms. The van der Waals surface area contributed by atoms with Crippen molar-refractivity contribution < 1.29 is 4.58 Å². The van der Waals surface area contributed by atoms with Gasteiger partial charge >= 0.3 is 0 Å². The molecular weight excluding hydrogens is 278 g/mol. The first-order chi connectivity index (χ1) is 11.1. The number of rotatable bonds is 1. The van der Waals surface area contributed by atoms with Gasteiger partial charge in [0.2, 0.25) is 0 Å². The Bertz CT molecular complexity index is 963. The van der Waals surface area contributed by atoms with E-state index >= 15 is 0 Å². The highest BCUT2D eigenvalue weighted by Gasteiger charge is 2.24. The van der Waals surface area contributed by atoms with Gasteiger partial charge in [-0.2, -0.15) is 0 Å².